The zero-order chi connectivity index (χ0) is 26.5. The van der Waals surface area contributed by atoms with Crippen LogP contribution >= 0.6 is 0 Å². The summed E-state index contributed by atoms with van der Waals surface area (Å²) in [6.07, 6.45) is 1.21. The van der Waals surface area contributed by atoms with Crippen molar-refractivity contribution in [1.29, 1.82) is 0 Å². The summed E-state index contributed by atoms with van der Waals surface area (Å²) in [5.74, 6) is -3.06. The first-order valence-corrected chi connectivity index (χ1v) is 14.3. The summed E-state index contributed by atoms with van der Waals surface area (Å²) in [6, 6.07) is 10.5. The Kier molecular flexibility index (Phi) is 6.54. The molecule has 192 valence electrons. The third kappa shape index (κ3) is 4.54. The summed E-state index contributed by atoms with van der Waals surface area (Å²) < 4.78 is 55.3. The first-order valence-electron chi connectivity index (χ1n) is 11.0. The van der Waals surface area contributed by atoms with E-state index in [4.69, 9.17) is 4.84 Å². The molecule has 4 rings (SSSR count). The van der Waals surface area contributed by atoms with Gasteiger partial charge in [0.1, 0.15) is 22.2 Å². The number of ketones is 2. The van der Waals surface area contributed by atoms with Crippen LogP contribution in [-0.2, 0) is 35.2 Å². The van der Waals surface area contributed by atoms with Gasteiger partial charge in [0.2, 0.25) is 10.0 Å². The van der Waals surface area contributed by atoms with Gasteiger partial charge in [-0.3, -0.25) is 14.3 Å². The molecule has 0 radical (unpaired) electrons. The Morgan fingerprint density at radius 3 is 2.50 bits per heavy atom. The maximum absolute atomic E-state index is 14.0. The Morgan fingerprint density at radius 1 is 1.17 bits per heavy atom. The van der Waals surface area contributed by atoms with Crippen LogP contribution in [0, 0.1) is 11.8 Å². The highest BCUT2D eigenvalue weighted by atomic mass is 32.2. The molecule has 13 heteroatoms. The fourth-order valence-corrected chi connectivity index (χ4v) is 6.43. The van der Waals surface area contributed by atoms with E-state index in [1.807, 2.05) is 13.8 Å². The van der Waals surface area contributed by atoms with E-state index in [1.165, 1.54) is 19.2 Å². The predicted molar refractivity (Wildman–Crippen MR) is 134 cm³/mol. The van der Waals surface area contributed by atoms with Crippen molar-refractivity contribution in [3.05, 3.63) is 53.6 Å². The van der Waals surface area contributed by atoms with Crippen molar-refractivity contribution in [3.63, 3.8) is 0 Å². The molecule has 2 aliphatic rings. The standard InChI is InChI=1S/C23H26N4O7S2/c1-13(2)12-23(27-34-3)16-8-6-5-7-15(16)20(28)19(21(23)29)22-24-17-10-9-14(25-35(4,30)31)11-18(17)36(32,33)26-22/h5-11,13,19,25,27H,12H2,1-4H3,(H,24,26). The topological polar surface area (TPSA) is 160 Å². The van der Waals surface area contributed by atoms with Gasteiger partial charge < -0.3 is 10.2 Å². The number of anilines is 2. The molecule has 0 spiro atoms. The normalized spacial score (nSPS) is 22.9. The number of sulfonamides is 2. The predicted octanol–water partition coefficient (Wildman–Crippen LogP) is 2.04. The fourth-order valence-electron chi connectivity index (χ4n) is 4.70. The molecular formula is C23H26N4O7S2. The van der Waals surface area contributed by atoms with Crippen molar-refractivity contribution in [2.45, 2.75) is 30.7 Å². The van der Waals surface area contributed by atoms with E-state index in [-0.39, 0.29) is 40.0 Å². The third-order valence-corrected chi connectivity index (χ3v) is 7.84. The average molecular weight is 535 g/mol. The van der Waals surface area contributed by atoms with Gasteiger partial charge in [-0.2, -0.15) is 13.9 Å². The largest absolute Gasteiger partial charge is 0.341 e. The van der Waals surface area contributed by atoms with Crippen LogP contribution in [0.4, 0.5) is 11.4 Å². The van der Waals surface area contributed by atoms with Gasteiger partial charge in [0.25, 0.3) is 10.0 Å². The molecule has 0 saturated heterocycles. The number of benzene rings is 2. The SMILES string of the molecule is CONC1(CC(C)C)C(=O)C(C2=NS(=O)(=O)c3cc(NS(C)(=O)=O)ccc3N2)C(=O)c2ccccc21. The summed E-state index contributed by atoms with van der Waals surface area (Å²) in [7, 11) is -6.67. The molecule has 36 heavy (non-hydrogen) atoms. The lowest BCUT2D eigenvalue weighted by Crippen LogP contribution is -2.59. The van der Waals surface area contributed by atoms with Crippen LogP contribution < -0.4 is 15.5 Å². The van der Waals surface area contributed by atoms with Crippen LogP contribution in [-0.4, -0.2) is 47.6 Å². The van der Waals surface area contributed by atoms with Gasteiger partial charge in [0.05, 0.1) is 19.1 Å². The number of hydrogen-bond donors (Lipinski definition) is 3. The van der Waals surface area contributed by atoms with Gasteiger partial charge in [-0.15, -0.1) is 4.40 Å². The van der Waals surface area contributed by atoms with Crippen LogP contribution in [0.2, 0.25) is 0 Å². The molecule has 0 saturated carbocycles. The van der Waals surface area contributed by atoms with Crippen LogP contribution in [0.1, 0.15) is 36.2 Å². The van der Waals surface area contributed by atoms with Gasteiger partial charge in [-0.25, -0.2) is 8.42 Å². The number of hydrogen-bond acceptors (Lipinski definition) is 9. The molecule has 1 heterocycles. The summed E-state index contributed by atoms with van der Waals surface area (Å²) in [5, 5.41) is 2.82. The maximum Gasteiger partial charge on any atom is 0.286 e. The Hall–Kier alpha value is -3.13. The van der Waals surface area contributed by atoms with Crippen LogP contribution in [0.5, 0.6) is 0 Å². The summed E-state index contributed by atoms with van der Waals surface area (Å²) in [5.41, 5.74) is 2.17. The molecule has 0 fully saturated rings. The number of amidine groups is 1. The van der Waals surface area contributed by atoms with Crippen LogP contribution in [0.25, 0.3) is 0 Å². The molecule has 3 N–H and O–H groups in total. The molecule has 0 amide bonds. The van der Waals surface area contributed by atoms with E-state index in [1.54, 1.807) is 24.3 Å². The minimum absolute atomic E-state index is 0.00462. The van der Waals surface area contributed by atoms with Crippen molar-refractivity contribution in [1.82, 2.24) is 5.48 Å². The number of nitrogens with one attached hydrogen (secondary N) is 3. The molecule has 0 bridgehead atoms. The third-order valence-electron chi connectivity index (χ3n) is 5.91. The maximum atomic E-state index is 14.0. The number of Topliss-reactive ketones (excluding diaryl/α,β-unsaturated/α-hetero) is 2. The molecule has 1 aliphatic heterocycles. The van der Waals surface area contributed by atoms with Gasteiger partial charge in [-0.1, -0.05) is 38.1 Å². The molecule has 2 atom stereocenters. The lowest BCUT2D eigenvalue weighted by Gasteiger charge is -2.41. The molecule has 2 aromatic carbocycles. The van der Waals surface area contributed by atoms with E-state index in [0.717, 1.165) is 12.3 Å². The first kappa shape index (κ1) is 25.9. The molecule has 2 unspecified atom stereocenters. The smallest absolute Gasteiger partial charge is 0.286 e. The van der Waals surface area contributed by atoms with Crippen LogP contribution in [0.3, 0.4) is 0 Å². The van der Waals surface area contributed by atoms with Crippen LogP contribution in [0.15, 0.2) is 51.8 Å². The van der Waals surface area contributed by atoms with E-state index < -0.39 is 43.1 Å². The van der Waals surface area contributed by atoms with Gasteiger partial charge in [-0.05, 0) is 36.1 Å². The van der Waals surface area contributed by atoms with Crippen molar-refractivity contribution in [3.8, 4) is 0 Å². The van der Waals surface area contributed by atoms with Crippen molar-refractivity contribution < 1.29 is 31.3 Å². The van der Waals surface area contributed by atoms with E-state index >= 15 is 0 Å². The van der Waals surface area contributed by atoms with Crippen molar-refractivity contribution in [2.24, 2.45) is 16.2 Å². The number of rotatable bonds is 7. The second kappa shape index (κ2) is 9.07. The summed E-state index contributed by atoms with van der Waals surface area (Å²) >= 11 is 0. The molecule has 1 aliphatic carbocycles. The minimum Gasteiger partial charge on any atom is -0.341 e. The number of carbonyl (C=O) groups is 2. The number of carbonyl (C=O) groups excluding carboxylic acids is 2. The number of nitrogens with zero attached hydrogens (tertiary/aromatic N) is 1. The van der Waals surface area contributed by atoms with Crippen molar-refractivity contribution >= 4 is 48.8 Å². The Balaban J connectivity index is 1.85. The molecular weight excluding hydrogens is 508 g/mol. The highest BCUT2D eigenvalue weighted by molar-refractivity contribution is 7.92. The summed E-state index contributed by atoms with van der Waals surface area (Å²) in [6.45, 7) is 3.83. The Morgan fingerprint density at radius 2 is 1.86 bits per heavy atom. The Labute approximate surface area is 209 Å². The highest BCUT2D eigenvalue weighted by Gasteiger charge is 2.54. The first-order chi connectivity index (χ1) is 16.8. The van der Waals surface area contributed by atoms with Gasteiger partial charge in [0, 0.05) is 11.3 Å². The quantitative estimate of drug-likeness (QED) is 0.357. The van der Waals surface area contributed by atoms with E-state index in [0.29, 0.717) is 5.56 Å². The molecule has 2 aromatic rings. The second-order valence-corrected chi connectivity index (χ2v) is 12.5. The second-order valence-electron chi connectivity index (χ2n) is 9.18. The Bertz CT molecular complexity index is 1500. The zero-order valence-electron chi connectivity index (χ0n) is 20.0. The molecule has 11 nitrogen and oxygen atoms in total. The zero-order valence-corrected chi connectivity index (χ0v) is 21.7. The highest BCUT2D eigenvalue weighted by Crippen LogP contribution is 2.42. The van der Waals surface area contributed by atoms with Crippen molar-refractivity contribution in [2.75, 3.05) is 23.4 Å². The number of fused-ring (bicyclic) bond motifs is 2. The fraction of sp³-hybridized carbons (Fsp3) is 0.348. The van der Waals surface area contributed by atoms with Gasteiger partial charge >= 0.3 is 0 Å². The average Bonchev–Trinajstić information content (AvgIpc) is 2.77. The summed E-state index contributed by atoms with van der Waals surface area (Å²) in [4.78, 5) is 32.5. The minimum atomic E-state index is -4.38. The lowest BCUT2D eigenvalue weighted by molar-refractivity contribution is -0.135. The monoisotopic (exact) mass is 534 g/mol. The lowest BCUT2D eigenvalue weighted by atomic mass is 9.67. The van der Waals surface area contributed by atoms with Gasteiger partial charge in [0.15, 0.2) is 11.6 Å². The van der Waals surface area contributed by atoms with E-state index in [2.05, 4.69) is 19.9 Å². The van der Waals surface area contributed by atoms with E-state index in [9.17, 15) is 26.4 Å². The molecule has 0 aromatic heterocycles. The number of hydroxylamine groups is 1.